The minimum atomic E-state index is -4.67. The Bertz CT molecular complexity index is 1060. The summed E-state index contributed by atoms with van der Waals surface area (Å²) in [6, 6.07) is 7.26. The maximum absolute atomic E-state index is 13.2. The molecule has 3 aromatic rings. The number of benzene rings is 2. The van der Waals surface area contributed by atoms with E-state index < -0.39 is 29.2 Å². The van der Waals surface area contributed by atoms with Gasteiger partial charge in [-0.3, -0.25) is 4.79 Å². The number of thioether (sulfide) groups is 1. The van der Waals surface area contributed by atoms with Crippen LogP contribution < -0.4 is 5.32 Å². The molecule has 0 saturated heterocycles. The van der Waals surface area contributed by atoms with Crippen LogP contribution in [0.25, 0.3) is 11.0 Å². The average Bonchev–Trinajstić information content (AvgIpc) is 3.09. The predicted octanol–water partition coefficient (Wildman–Crippen LogP) is 4.34. The highest BCUT2D eigenvalue weighted by Crippen LogP contribution is 2.32. The molecule has 0 aliphatic heterocycles. The molecule has 0 fully saturated rings. The van der Waals surface area contributed by atoms with E-state index in [-0.39, 0.29) is 11.3 Å². The van der Waals surface area contributed by atoms with E-state index in [9.17, 15) is 22.8 Å². The zero-order valence-corrected chi connectivity index (χ0v) is 15.5. The van der Waals surface area contributed by atoms with Gasteiger partial charge in [-0.1, -0.05) is 23.9 Å². The number of methoxy groups -OCH3 is 1. The van der Waals surface area contributed by atoms with Crippen LogP contribution in [-0.2, 0) is 10.9 Å². The molecule has 0 spiro atoms. The van der Waals surface area contributed by atoms with Crippen molar-refractivity contribution in [1.29, 1.82) is 0 Å². The number of carbonyl (C=O) groups excluding carboxylic acids is 2. The Morgan fingerprint density at radius 1 is 1.18 bits per heavy atom. The number of anilines is 1. The Hall–Kier alpha value is -3.01. The number of fused-ring (bicyclic) bond motifs is 1. The number of carbonyl (C=O) groups is 2. The molecule has 0 bridgehead atoms. The largest absolute Gasteiger partial charge is 0.465 e. The molecule has 2 N–H and O–H groups in total. The van der Waals surface area contributed by atoms with Crippen molar-refractivity contribution in [1.82, 2.24) is 9.97 Å². The lowest BCUT2D eigenvalue weighted by Crippen LogP contribution is -2.19. The van der Waals surface area contributed by atoms with Crippen LogP contribution in [0.3, 0.4) is 0 Å². The van der Waals surface area contributed by atoms with Crippen molar-refractivity contribution in [2.24, 2.45) is 0 Å². The van der Waals surface area contributed by atoms with E-state index in [0.29, 0.717) is 16.2 Å². The third-order valence-electron chi connectivity index (χ3n) is 3.90. The Kier molecular flexibility index (Phi) is 5.32. The van der Waals surface area contributed by atoms with E-state index >= 15 is 0 Å². The molecule has 0 saturated carbocycles. The second kappa shape index (κ2) is 7.55. The van der Waals surface area contributed by atoms with Crippen LogP contribution in [0.15, 0.2) is 41.6 Å². The summed E-state index contributed by atoms with van der Waals surface area (Å²) in [5.74, 6) is -1.64. The molecule has 146 valence electrons. The maximum atomic E-state index is 13.2. The Balaban J connectivity index is 2.03. The topological polar surface area (TPSA) is 84.1 Å². The molecule has 0 aliphatic carbocycles. The number of ether oxygens (including phenoxy) is 1. The molecule has 0 unspecified atom stereocenters. The second-order valence-electron chi connectivity index (χ2n) is 5.66. The first-order valence-electron chi connectivity index (χ1n) is 7.88. The maximum Gasteiger partial charge on any atom is 0.417 e. The van der Waals surface area contributed by atoms with Gasteiger partial charge in [0, 0.05) is 5.69 Å². The van der Waals surface area contributed by atoms with Gasteiger partial charge in [0.2, 0.25) is 0 Å². The zero-order valence-electron chi connectivity index (χ0n) is 14.7. The molecule has 1 amide bonds. The highest BCUT2D eigenvalue weighted by Gasteiger charge is 2.34. The van der Waals surface area contributed by atoms with Crippen LogP contribution >= 0.6 is 11.8 Å². The van der Waals surface area contributed by atoms with Crippen LogP contribution in [0.4, 0.5) is 18.9 Å². The molecular weight excluding hydrogens is 395 g/mol. The summed E-state index contributed by atoms with van der Waals surface area (Å²) in [6.45, 7) is 0. The van der Waals surface area contributed by atoms with E-state index in [1.807, 2.05) is 0 Å². The Labute approximate surface area is 161 Å². The SMILES string of the molecule is COC(=O)c1cc(NC(=O)c2ccccc2C(F)(F)F)cc2[nH]c(SC)nc12. The fourth-order valence-electron chi connectivity index (χ4n) is 2.66. The van der Waals surface area contributed by atoms with E-state index in [2.05, 4.69) is 15.3 Å². The van der Waals surface area contributed by atoms with Gasteiger partial charge in [0.15, 0.2) is 5.16 Å². The summed E-state index contributed by atoms with van der Waals surface area (Å²) >= 11 is 1.31. The molecule has 1 heterocycles. The van der Waals surface area contributed by atoms with Gasteiger partial charge in [0.05, 0.1) is 29.3 Å². The number of aromatic amines is 1. The molecule has 6 nitrogen and oxygen atoms in total. The second-order valence-corrected chi connectivity index (χ2v) is 6.45. The minimum absolute atomic E-state index is 0.0796. The van der Waals surface area contributed by atoms with Gasteiger partial charge in [-0.25, -0.2) is 9.78 Å². The van der Waals surface area contributed by atoms with E-state index in [1.54, 1.807) is 6.26 Å². The predicted molar refractivity (Wildman–Crippen MR) is 98.6 cm³/mol. The van der Waals surface area contributed by atoms with E-state index in [0.717, 1.165) is 12.1 Å². The van der Waals surface area contributed by atoms with Gasteiger partial charge < -0.3 is 15.0 Å². The van der Waals surface area contributed by atoms with Crippen molar-refractivity contribution in [3.8, 4) is 0 Å². The number of esters is 1. The van der Waals surface area contributed by atoms with Crippen molar-refractivity contribution < 1.29 is 27.5 Å². The zero-order chi connectivity index (χ0) is 20.5. The third kappa shape index (κ3) is 3.81. The summed E-state index contributed by atoms with van der Waals surface area (Å²) in [5, 5.41) is 2.94. The number of hydrogen-bond donors (Lipinski definition) is 2. The average molecular weight is 409 g/mol. The standard InChI is InChI=1S/C18H14F3N3O3S/c1-27-16(26)11-7-9(8-13-14(11)24-17(23-13)28-2)22-15(25)10-5-3-4-6-12(10)18(19,20)21/h3-8H,1-2H3,(H,22,25)(H,23,24). The number of H-pyrrole nitrogens is 1. The van der Waals surface area contributed by atoms with Crippen LogP contribution in [0, 0.1) is 0 Å². The van der Waals surface area contributed by atoms with E-state index in [4.69, 9.17) is 4.74 Å². The smallest absolute Gasteiger partial charge is 0.417 e. The monoisotopic (exact) mass is 409 g/mol. The number of rotatable bonds is 4. The number of nitrogens with one attached hydrogen (secondary N) is 2. The van der Waals surface area contributed by atoms with Crippen molar-refractivity contribution in [2.75, 3.05) is 18.7 Å². The van der Waals surface area contributed by atoms with Crippen molar-refractivity contribution in [3.63, 3.8) is 0 Å². The molecule has 2 aromatic carbocycles. The summed E-state index contributed by atoms with van der Waals surface area (Å²) in [5.41, 5.74) is -0.587. The first-order chi connectivity index (χ1) is 13.2. The molecule has 0 aliphatic rings. The molecule has 10 heteroatoms. The molecular formula is C18H14F3N3O3S. The number of hydrogen-bond acceptors (Lipinski definition) is 5. The van der Waals surface area contributed by atoms with Gasteiger partial charge >= 0.3 is 12.1 Å². The van der Waals surface area contributed by atoms with Gasteiger partial charge in [-0.15, -0.1) is 0 Å². The number of amides is 1. The Morgan fingerprint density at radius 2 is 1.89 bits per heavy atom. The lowest BCUT2D eigenvalue weighted by Gasteiger charge is -2.13. The van der Waals surface area contributed by atoms with Crippen molar-refractivity contribution in [2.45, 2.75) is 11.3 Å². The number of halogens is 3. The molecule has 3 rings (SSSR count). The summed E-state index contributed by atoms with van der Waals surface area (Å²) in [7, 11) is 1.20. The summed E-state index contributed by atoms with van der Waals surface area (Å²) in [6.07, 6.45) is -2.89. The van der Waals surface area contributed by atoms with E-state index in [1.165, 1.54) is 43.1 Å². The highest BCUT2D eigenvalue weighted by atomic mass is 32.2. The third-order valence-corrected chi connectivity index (χ3v) is 4.48. The van der Waals surface area contributed by atoms with Crippen LogP contribution in [0.5, 0.6) is 0 Å². The number of aromatic nitrogens is 2. The fraction of sp³-hybridized carbons (Fsp3) is 0.167. The van der Waals surface area contributed by atoms with Gasteiger partial charge in [-0.05, 0) is 30.5 Å². The number of nitrogens with zero attached hydrogens (tertiary/aromatic N) is 1. The first-order valence-corrected chi connectivity index (χ1v) is 9.10. The fourth-order valence-corrected chi connectivity index (χ4v) is 3.05. The molecule has 0 atom stereocenters. The normalized spacial score (nSPS) is 11.5. The quantitative estimate of drug-likeness (QED) is 0.495. The van der Waals surface area contributed by atoms with Crippen LogP contribution in [0.2, 0.25) is 0 Å². The summed E-state index contributed by atoms with van der Waals surface area (Å²) in [4.78, 5) is 31.8. The van der Waals surface area contributed by atoms with Crippen molar-refractivity contribution >= 4 is 40.4 Å². The van der Waals surface area contributed by atoms with Gasteiger partial charge in [-0.2, -0.15) is 13.2 Å². The van der Waals surface area contributed by atoms with Crippen LogP contribution in [-0.4, -0.2) is 35.2 Å². The highest BCUT2D eigenvalue weighted by molar-refractivity contribution is 7.98. The number of imidazole rings is 1. The lowest BCUT2D eigenvalue weighted by atomic mass is 10.1. The molecule has 0 radical (unpaired) electrons. The van der Waals surface area contributed by atoms with Gasteiger partial charge in [0.1, 0.15) is 5.52 Å². The molecule has 28 heavy (non-hydrogen) atoms. The van der Waals surface area contributed by atoms with Gasteiger partial charge in [0.25, 0.3) is 5.91 Å². The number of alkyl halides is 3. The first kappa shape index (κ1) is 19.7. The minimum Gasteiger partial charge on any atom is -0.465 e. The summed E-state index contributed by atoms with van der Waals surface area (Å²) < 4.78 is 44.2. The molecule has 1 aromatic heterocycles. The Morgan fingerprint density at radius 3 is 2.54 bits per heavy atom. The van der Waals surface area contributed by atoms with Crippen molar-refractivity contribution in [3.05, 3.63) is 53.1 Å². The van der Waals surface area contributed by atoms with Crippen LogP contribution in [0.1, 0.15) is 26.3 Å². The lowest BCUT2D eigenvalue weighted by molar-refractivity contribution is -0.137.